The van der Waals surface area contributed by atoms with E-state index in [1.165, 1.54) is 0 Å². The maximum Gasteiger partial charge on any atom is 0.223 e. The van der Waals surface area contributed by atoms with E-state index in [9.17, 15) is 4.79 Å². The van der Waals surface area contributed by atoms with E-state index in [1.807, 2.05) is 12.1 Å². The van der Waals surface area contributed by atoms with Crippen LogP contribution in [0.1, 0.15) is 33.1 Å². The van der Waals surface area contributed by atoms with E-state index in [1.54, 1.807) is 6.20 Å². The molecule has 0 aliphatic carbocycles. The average molecular weight is 340 g/mol. The van der Waals surface area contributed by atoms with Gasteiger partial charge in [0.15, 0.2) is 0 Å². The number of aliphatic hydroxyl groups excluding tert-OH is 1. The first-order valence-electron chi connectivity index (χ1n) is 8.16. The highest BCUT2D eigenvalue weighted by atomic mass is 35.5. The van der Waals surface area contributed by atoms with Crippen molar-refractivity contribution in [2.24, 2.45) is 11.3 Å². The van der Waals surface area contributed by atoms with Crippen molar-refractivity contribution in [1.29, 1.82) is 0 Å². The van der Waals surface area contributed by atoms with Gasteiger partial charge in [-0.1, -0.05) is 25.4 Å². The number of anilines is 1. The third kappa shape index (κ3) is 5.36. The van der Waals surface area contributed by atoms with E-state index in [-0.39, 0.29) is 23.8 Å². The first-order valence-corrected chi connectivity index (χ1v) is 8.54. The van der Waals surface area contributed by atoms with Crippen molar-refractivity contribution in [1.82, 2.24) is 10.3 Å². The van der Waals surface area contributed by atoms with E-state index < -0.39 is 0 Å². The number of piperidine rings is 1. The van der Waals surface area contributed by atoms with Crippen molar-refractivity contribution in [3.05, 3.63) is 23.4 Å². The molecular formula is C17H26ClN3O2. The number of aliphatic hydroxyl groups is 1. The van der Waals surface area contributed by atoms with Gasteiger partial charge in [0.05, 0.1) is 5.02 Å². The molecule has 0 radical (unpaired) electrons. The fourth-order valence-electron chi connectivity index (χ4n) is 2.79. The molecule has 5 nitrogen and oxygen atoms in total. The Labute approximate surface area is 143 Å². The lowest BCUT2D eigenvalue weighted by Crippen LogP contribution is -2.43. The monoisotopic (exact) mass is 339 g/mol. The standard InChI is InChI=1S/C17H26ClN3O2/c1-17(2,7-10-22)12-20-16(23)13-5-8-21(9-6-13)15-4-3-14(18)11-19-15/h3-4,11,13,22H,5-10,12H2,1-2H3,(H,20,23). The molecule has 0 atom stereocenters. The Morgan fingerprint density at radius 2 is 2.13 bits per heavy atom. The van der Waals surface area contributed by atoms with Gasteiger partial charge in [0, 0.05) is 38.4 Å². The highest BCUT2D eigenvalue weighted by Crippen LogP contribution is 2.23. The fraction of sp³-hybridized carbons (Fsp3) is 0.647. The fourth-order valence-corrected chi connectivity index (χ4v) is 2.90. The van der Waals surface area contributed by atoms with E-state index in [0.29, 0.717) is 18.0 Å². The maximum atomic E-state index is 12.3. The second kappa shape index (κ2) is 7.97. The molecule has 1 aliphatic heterocycles. The van der Waals surface area contributed by atoms with Crippen LogP contribution in [0, 0.1) is 11.3 Å². The molecule has 1 aliphatic rings. The number of nitrogens with zero attached hydrogens (tertiary/aromatic N) is 2. The van der Waals surface area contributed by atoms with E-state index >= 15 is 0 Å². The second-order valence-corrected chi connectivity index (χ2v) is 7.39. The minimum Gasteiger partial charge on any atom is -0.396 e. The lowest BCUT2D eigenvalue weighted by atomic mass is 9.89. The van der Waals surface area contributed by atoms with Crippen LogP contribution in [0.2, 0.25) is 5.02 Å². The van der Waals surface area contributed by atoms with Gasteiger partial charge in [0.25, 0.3) is 0 Å². The van der Waals surface area contributed by atoms with Gasteiger partial charge in [-0.3, -0.25) is 4.79 Å². The lowest BCUT2D eigenvalue weighted by Gasteiger charge is -2.33. The van der Waals surface area contributed by atoms with E-state index in [0.717, 1.165) is 31.7 Å². The summed E-state index contributed by atoms with van der Waals surface area (Å²) in [4.78, 5) is 18.8. The number of halogens is 1. The molecule has 0 spiro atoms. The molecule has 1 saturated heterocycles. The maximum absolute atomic E-state index is 12.3. The van der Waals surface area contributed by atoms with Crippen molar-refractivity contribution in [3.8, 4) is 0 Å². The van der Waals surface area contributed by atoms with Gasteiger partial charge in [0.2, 0.25) is 5.91 Å². The van der Waals surface area contributed by atoms with Gasteiger partial charge >= 0.3 is 0 Å². The quantitative estimate of drug-likeness (QED) is 0.835. The SMILES string of the molecule is CC(C)(CCO)CNC(=O)C1CCN(c2ccc(Cl)cn2)CC1. The molecule has 1 aromatic heterocycles. The van der Waals surface area contributed by atoms with Crippen LogP contribution in [0.3, 0.4) is 0 Å². The molecule has 1 amide bonds. The Bertz CT molecular complexity index is 511. The highest BCUT2D eigenvalue weighted by molar-refractivity contribution is 6.30. The van der Waals surface area contributed by atoms with Crippen LogP contribution >= 0.6 is 11.6 Å². The summed E-state index contributed by atoms with van der Waals surface area (Å²) in [7, 11) is 0. The van der Waals surface area contributed by atoms with Gasteiger partial charge in [-0.05, 0) is 36.8 Å². The number of pyridine rings is 1. The molecule has 23 heavy (non-hydrogen) atoms. The molecular weight excluding hydrogens is 314 g/mol. The van der Waals surface area contributed by atoms with Crippen LogP contribution in [-0.4, -0.2) is 42.2 Å². The normalized spacial score (nSPS) is 16.4. The van der Waals surface area contributed by atoms with Gasteiger partial charge in [-0.2, -0.15) is 0 Å². The van der Waals surface area contributed by atoms with Crippen molar-refractivity contribution < 1.29 is 9.90 Å². The zero-order valence-electron chi connectivity index (χ0n) is 13.9. The highest BCUT2D eigenvalue weighted by Gasteiger charge is 2.27. The number of nitrogens with one attached hydrogen (secondary N) is 1. The summed E-state index contributed by atoms with van der Waals surface area (Å²) in [5.74, 6) is 1.10. The summed E-state index contributed by atoms with van der Waals surface area (Å²) in [5, 5.41) is 12.7. The number of hydrogen-bond acceptors (Lipinski definition) is 4. The number of carbonyl (C=O) groups is 1. The van der Waals surface area contributed by atoms with Crippen molar-refractivity contribution in [2.45, 2.75) is 33.1 Å². The predicted octanol–water partition coefficient (Wildman–Crippen LogP) is 2.48. The van der Waals surface area contributed by atoms with Crippen LogP contribution in [0.25, 0.3) is 0 Å². The Morgan fingerprint density at radius 1 is 1.43 bits per heavy atom. The Balaban J connectivity index is 1.79. The predicted molar refractivity (Wildman–Crippen MR) is 92.7 cm³/mol. The van der Waals surface area contributed by atoms with Crippen LogP contribution in [-0.2, 0) is 4.79 Å². The molecule has 2 N–H and O–H groups in total. The molecule has 0 aromatic carbocycles. The lowest BCUT2D eigenvalue weighted by molar-refractivity contribution is -0.126. The van der Waals surface area contributed by atoms with Crippen molar-refractivity contribution in [3.63, 3.8) is 0 Å². The summed E-state index contributed by atoms with van der Waals surface area (Å²) < 4.78 is 0. The summed E-state index contributed by atoms with van der Waals surface area (Å²) in [6.07, 6.45) is 4.00. The van der Waals surface area contributed by atoms with Crippen LogP contribution in [0.15, 0.2) is 18.3 Å². The first-order chi connectivity index (χ1) is 10.9. The number of amides is 1. The van der Waals surface area contributed by atoms with Crippen molar-refractivity contribution >= 4 is 23.3 Å². The second-order valence-electron chi connectivity index (χ2n) is 6.95. The molecule has 1 aromatic rings. The number of aromatic nitrogens is 1. The largest absolute Gasteiger partial charge is 0.396 e. The summed E-state index contributed by atoms with van der Waals surface area (Å²) in [6, 6.07) is 3.76. The number of rotatable bonds is 6. The van der Waals surface area contributed by atoms with Crippen LogP contribution in [0.5, 0.6) is 0 Å². The number of hydrogen-bond donors (Lipinski definition) is 2. The Hall–Kier alpha value is -1.33. The summed E-state index contributed by atoms with van der Waals surface area (Å²) in [6.45, 7) is 6.51. The van der Waals surface area contributed by atoms with Gasteiger partial charge < -0.3 is 15.3 Å². The van der Waals surface area contributed by atoms with Crippen LogP contribution in [0.4, 0.5) is 5.82 Å². The topological polar surface area (TPSA) is 65.5 Å². The van der Waals surface area contributed by atoms with Crippen molar-refractivity contribution in [2.75, 3.05) is 31.1 Å². The molecule has 128 valence electrons. The smallest absolute Gasteiger partial charge is 0.223 e. The minimum absolute atomic E-state index is 0.0588. The van der Waals surface area contributed by atoms with Gasteiger partial charge in [-0.15, -0.1) is 0 Å². The third-order valence-corrected chi connectivity index (χ3v) is 4.65. The van der Waals surface area contributed by atoms with E-state index in [2.05, 4.69) is 29.0 Å². The first kappa shape index (κ1) is 18.0. The molecule has 2 heterocycles. The Morgan fingerprint density at radius 3 is 2.70 bits per heavy atom. The average Bonchev–Trinajstić information content (AvgIpc) is 2.53. The number of carbonyl (C=O) groups excluding carboxylic acids is 1. The molecule has 6 heteroatoms. The van der Waals surface area contributed by atoms with Crippen LogP contribution < -0.4 is 10.2 Å². The molecule has 1 fully saturated rings. The molecule has 0 bridgehead atoms. The third-order valence-electron chi connectivity index (χ3n) is 4.43. The van der Waals surface area contributed by atoms with E-state index in [4.69, 9.17) is 16.7 Å². The molecule has 0 saturated carbocycles. The van der Waals surface area contributed by atoms with Gasteiger partial charge in [0.1, 0.15) is 5.82 Å². The molecule has 2 rings (SSSR count). The summed E-state index contributed by atoms with van der Waals surface area (Å²) in [5.41, 5.74) is -0.0711. The molecule has 0 unspecified atom stereocenters. The zero-order valence-corrected chi connectivity index (χ0v) is 14.6. The summed E-state index contributed by atoms with van der Waals surface area (Å²) >= 11 is 5.86. The Kier molecular flexibility index (Phi) is 6.25. The van der Waals surface area contributed by atoms with Gasteiger partial charge in [-0.25, -0.2) is 4.98 Å². The minimum atomic E-state index is -0.0711. The zero-order chi connectivity index (χ0) is 16.9.